The van der Waals surface area contributed by atoms with E-state index in [0.29, 0.717) is 0 Å². The SMILES string of the molecule is CC(C)(C)C=O.Cl.Cl. The van der Waals surface area contributed by atoms with Crippen LogP contribution in [0.1, 0.15) is 20.8 Å². The summed E-state index contributed by atoms with van der Waals surface area (Å²) >= 11 is 0. The maximum atomic E-state index is 9.83. The first-order valence-electron chi connectivity index (χ1n) is 2.02. The van der Waals surface area contributed by atoms with Crippen molar-refractivity contribution < 1.29 is 4.79 Å². The Kier molecular flexibility index (Phi) is 10.6. The van der Waals surface area contributed by atoms with E-state index in [4.69, 9.17) is 0 Å². The fourth-order valence-electron chi connectivity index (χ4n) is 0. The van der Waals surface area contributed by atoms with Gasteiger partial charge in [-0.3, -0.25) is 0 Å². The molecule has 0 saturated heterocycles. The van der Waals surface area contributed by atoms with Crippen LogP contribution < -0.4 is 0 Å². The highest BCUT2D eigenvalue weighted by Crippen LogP contribution is 2.05. The molecular formula is C5H12Cl2O. The van der Waals surface area contributed by atoms with Crippen LogP contribution >= 0.6 is 24.8 Å². The van der Waals surface area contributed by atoms with Crippen molar-refractivity contribution >= 4 is 31.1 Å². The largest absolute Gasteiger partial charge is 0.303 e. The standard InChI is InChI=1S/C5H10O.2ClH/c1-5(2,3)4-6;;/h4H,1-3H3;2*1H. The van der Waals surface area contributed by atoms with Crippen molar-refractivity contribution in [3.63, 3.8) is 0 Å². The lowest BCUT2D eigenvalue weighted by Gasteiger charge is -2.03. The van der Waals surface area contributed by atoms with Crippen molar-refractivity contribution in [3.05, 3.63) is 0 Å². The van der Waals surface area contributed by atoms with E-state index in [-0.39, 0.29) is 30.2 Å². The van der Waals surface area contributed by atoms with E-state index < -0.39 is 0 Å². The highest BCUT2D eigenvalue weighted by atomic mass is 35.5. The zero-order valence-electron chi connectivity index (χ0n) is 5.30. The highest BCUT2D eigenvalue weighted by molar-refractivity contribution is 5.85. The van der Waals surface area contributed by atoms with Crippen LogP contribution in [0.3, 0.4) is 0 Å². The van der Waals surface area contributed by atoms with Gasteiger partial charge in [-0.15, -0.1) is 24.8 Å². The van der Waals surface area contributed by atoms with Gasteiger partial charge in [0.25, 0.3) is 0 Å². The first-order valence-corrected chi connectivity index (χ1v) is 2.02. The Morgan fingerprint density at radius 3 is 1.25 bits per heavy atom. The van der Waals surface area contributed by atoms with Gasteiger partial charge in [0.2, 0.25) is 0 Å². The molecule has 3 heteroatoms. The van der Waals surface area contributed by atoms with Crippen molar-refractivity contribution in [2.45, 2.75) is 20.8 Å². The quantitative estimate of drug-likeness (QED) is 0.494. The Morgan fingerprint density at radius 2 is 1.25 bits per heavy atom. The van der Waals surface area contributed by atoms with Gasteiger partial charge < -0.3 is 4.79 Å². The minimum atomic E-state index is -0.139. The third kappa shape index (κ3) is 16.3. The molecule has 0 N–H and O–H groups in total. The van der Waals surface area contributed by atoms with Gasteiger partial charge in [0.05, 0.1) is 0 Å². The third-order valence-corrected chi connectivity index (χ3v) is 0.354. The number of halogens is 2. The van der Waals surface area contributed by atoms with Crippen LogP contribution in [-0.2, 0) is 4.79 Å². The molecular weight excluding hydrogens is 147 g/mol. The maximum absolute atomic E-state index is 9.83. The van der Waals surface area contributed by atoms with Crippen molar-refractivity contribution in [3.8, 4) is 0 Å². The molecule has 0 radical (unpaired) electrons. The summed E-state index contributed by atoms with van der Waals surface area (Å²) in [6.07, 6.45) is 0.938. The van der Waals surface area contributed by atoms with Gasteiger partial charge in [-0.2, -0.15) is 0 Å². The summed E-state index contributed by atoms with van der Waals surface area (Å²) in [5.74, 6) is 0. The number of aldehydes is 1. The molecule has 0 bridgehead atoms. The van der Waals surface area contributed by atoms with E-state index in [1.165, 1.54) is 0 Å². The molecule has 0 amide bonds. The van der Waals surface area contributed by atoms with Crippen molar-refractivity contribution in [2.75, 3.05) is 0 Å². The molecule has 0 aromatic rings. The molecule has 0 atom stereocenters. The molecule has 0 rings (SSSR count). The fourth-order valence-corrected chi connectivity index (χ4v) is 0. The van der Waals surface area contributed by atoms with Gasteiger partial charge >= 0.3 is 0 Å². The molecule has 0 spiro atoms. The summed E-state index contributed by atoms with van der Waals surface area (Å²) in [6.45, 7) is 5.62. The van der Waals surface area contributed by atoms with Crippen LogP contribution in [0.15, 0.2) is 0 Å². The monoisotopic (exact) mass is 158 g/mol. The number of rotatable bonds is 0. The molecule has 0 aromatic heterocycles. The van der Waals surface area contributed by atoms with E-state index in [2.05, 4.69) is 0 Å². The van der Waals surface area contributed by atoms with Gasteiger partial charge in [0, 0.05) is 5.41 Å². The molecule has 0 fully saturated rings. The van der Waals surface area contributed by atoms with E-state index in [0.717, 1.165) is 6.29 Å². The average Bonchev–Trinajstić information content (AvgIpc) is 1.35. The van der Waals surface area contributed by atoms with Crippen molar-refractivity contribution in [2.24, 2.45) is 5.41 Å². The first kappa shape index (κ1) is 15.7. The van der Waals surface area contributed by atoms with Gasteiger partial charge in [-0.1, -0.05) is 20.8 Å². The van der Waals surface area contributed by atoms with Crippen LogP contribution in [0.4, 0.5) is 0 Å². The molecule has 0 aliphatic heterocycles. The number of carbonyl (C=O) groups excluding carboxylic acids is 1. The maximum Gasteiger partial charge on any atom is 0.125 e. The lowest BCUT2D eigenvalue weighted by Crippen LogP contribution is -2.04. The third-order valence-electron chi connectivity index (χ3n) is 0.354. The van der Waals surface area contributed by atoms with E-state index in [1.54, 1.807) is 0 Å². The topological polar surface area (TPSA) is 17.1 Å². The first-order chi connectivity index (χ1) is 2.56. The second-order valence-corrected chi connectivity index (χ2v) is 2.48. The second kappa shape index (κ2) is 5.39. The van der Waals surface area contributed by atoms with Crippen molar-refractivity contribution in [1.29, 1.82) is 0 Å². The highest BCUT2D eigenvalue weighted by Gasteiger charge is 2.04. The van der Waals surface area contributed by atoms with E-state index in [1.807, 2.05) is 20.8 Å². The summed E-state index contributed by atoms with van der Waals surface area (Å²) < 4.78 is 0. The molecule has 8 heavy (non-hydrogen) atoms. The Bertz CT molecular complexity index is 55.9. The zero-order chi connectivity index (χ0) is 5.21. The molecule has 0 aliphatic rings. The molecule has 52 valence electrons. The molecule has 0 saturated carbocycles. The van der Waals surface area contributed by atoms with E-state index >= 15 is 0 Å². The molecule has 0 heterocycles. The lowest BCUT2D eigenvalue weighted by atomic mass is 10.0. The Hall–Kier alpha value is 0.250. The average molecular weight is 159 g/mol. The minimum Gasteiger partial charge on any atom is -0.303 e. The van der Waals surface area contributed by atoms with Crippen LogP contribution in [0.2, 0.25) is 0 Å². The van der Waals surface area contributed by atoms with Crippen LogP contribution in [0.5, 0.6) is 0 Å². The summed E-state index contributed by atoms with van der Waals surface area (Å²) in [6, 6.07) is 0. The minimum absolute atomic E-state index is 0. The predicted octanol–water partition coefficient (Wildman–Crippen LogP) is 2.08. The molecule has 0 unspecified atom stereocenters. The van der Waals surface area contributed by atoms with Gasteiger partial charge in [-0.05, 0) is 0 Å². The lowest BCUT2D eigenvalue weighted by molar-refractivity contribution is -0.113. The summed E-state index contributed by atoms with van der Waals surface area (Å²) in [5.41, 5.74) is -0.139. The molecule has 1 nitrogen and oxygen atoms in total. The number of carbonyl (C=O) groups is 1. The van der Waals surface area contributed by atoms with Gasteiger partial charge in [0.15, 0.2) is 0 Å². The Morgan fingerprint density at radius 1 is 1.12 bits per heavy atom. The summed E-state index contributed by atoms with van der Waals surface area (Å²) in [5, 5.41) is 0. The van der Waals surface area contributed by atoms with Gasteiger partial charge in [-0.25, -0.2) is 0 Å². The summed E-state index contributed by atoms with van der Waals surface area (Å²) in [4.78, 5) is 9.83. The van der Waals surface area contributed by atoms with Crippen LogP contribution in [0.25, 0.3) is 0 Å². The predicted molar refractivity (Wildman–Crippen MR) is 40.0 cm³/mol. The normalized spacial score (nSPS) is 8.38. The van der Waals surface area contributed by atoms with Crippen LogP contribution in [-0.4, -0.2) is 6.29 Å². The van der Waals surface area contributed by atoms with E-state index in [9.17, 15) is 4.79 Å². The number of hydrogen-bond acceptors (Lipinski definition) is 1. The fraction of sp³-hybridized carbons (Fsp3) is 0.800. The molecule has 0 aromatic carbocycles. The summed E-state index contributed by atoms with van der Waals surface area (Å²) in [7, 11) is 0. The Labute approximate surface area is 62.7 Å². The smallest absolute Gasteiger partial charge is 0.125 e. The second-order valence-electron chi connectivity index (χ2n) is 2.48. The van der Waals surface area contributed by atoms with Crippen molar-refractivity contribution in [1.82, 2.24) is 0 Å². The van der Waals surface area contributed by atoms with Crippen LogP contribution in [0, 0.1) is 5.41 Å². The molecule has 0 aliphatic carbocycles. The Balaban J connectivity index is -0.000000125. The zero-order valence-corrected chi connectivity index (χ0v) is 6.94. The number of hydrogen-bond donors (Lipinski definition) is 0. The van der Waals surface area contributed by atoms with Gasteiger partial charge in [0.1, 0.15) is 6.29 Å².